The fourth-order valence-electron chi connectivity index (χ4n) is 1.95. The van der Waals surface area contributed by atoms with Crippen LogP contribution in [-0.4, -0.2) is 11.9 Å². The van der Waals surface area contributed by atoms with E-state index in [1.165, 1.54) is 23.8 Å². The summed E-state index contributed by atoms with van der Waals surface area (Å²) in [6, 6.07) is 11.5. The van der Waals surface area contributed by atoms with E-state index in [9.17, 15) is 9.18 Å². The molecule has 4 heteroatoms. The van der Waals surface area contributed by atoms with Crippen LogP contribution >= 0.6 is 11.6 Å². The van der Waals surface area contributed by atoms with Gasteiger partial charge in [0.25, 0.3) is 0 Å². The Morgan fingerprint density at radius 3 is 2.48 bits per heavy atom. The van der Waals surface area contributed by atoms with E-state index in [2.05, 4.69) is 6.92 Å². The van der Waals surface area contributed by atoms with E-state index in [0.717, 1.165) is 6.42 Å². The summed E-state index contributed by atoms with van der Waals surface area (Å²) in [5.41, 5.74) is 1.74. The first kappa shape index (κ1) is 15.5. The van der Waals surface area contributed by atoms with Crippen molar-refractivity contribution in [2.24, 2.45) is 0 Å². The molecule has 21 heavy (non-hydrogen) atoms. The standard InChI is InChI=1S/C17H16ClFO2/c1-3-12-4-6-13(7-5-12)17(20)11(2)21-14-8-9-15(18)16(19)10-14/h4-11H,3H2,1-2H3. The van der Waals surface area contributed by atoms with Gasteiger partial charge in [0.05, 0.1) is 5.02 Å². The first-order valence-electron chi connectivity index (χ1n) is 6.76. The number of carbonyl (C=O) groups is 1. The Balaban J connectivity index is 2.09. The SMILES string of the molecule is CCc1ccc(C(=O)C(C)Oc2ccc(Cl)c(F)c2)cc1. The molecule has 2 aromatic rings. The number of benzene rings is 2. The van der Waals surface area contributed by atoms with Gasteiger partial charge in [-0.1, -0.05) is 42.8 Å². The van der Waals surface area contributed by atoms with Crippen LogP contribution in [0.1, 0.15) is 29.8 Å². The number of hydrogen-bond donors (Lipinski definition) is 0. The molecule has 0 aliphatic rings. The molecule has 2 nitrogen and oxygen atoms in total. The van der Waals surface area contributed by atoms with Gasteiger partial charge in [-0.3, -0.25) is 4.79 Å². The number of hydrogen-bond acceptors (Lipinski definition) is 2. The molecule has 0 radical (unpaired) electrons. The number of ether oxygens (including phenoxy) is 1. The van der Waals surface area contributed by atoms with Crippen LogP contribution in [0, 0.1) is 5.82 Å². The Morgan fingerprint density at radius 1 is 1.24 bits per heavy atom. The van der Waals surface area contributed by atoms with Gasteiger partial charge in [0.2, 0.25) is 5.78 Å². The molecule has 0 bridgehead atoms. The third kappa shape index (κ3) is 3.82. The Hall–Kier alpha value is -1.87. The quantitative estimate of drug-likeness (QED) is 0.749. The molecule has 0 amide bonds. The zero-order chi connectivity index (χ0) is 15.4. The largest absolute Gasteiger partial charge is 0.482 e. The van der Waals surface area contributed by atoms with Gasteiger partial charge in [-0.15, -0.1) is 0 Å². The summed E-state index contributed by atoms with van der Waals surface area (Å²) in [5, 5.41) is 0.0245. The summed E-state index contributed by atoms with van der Waals surface area (Å²) >= 11 is 5.61. The molecule has 1 atom stereocenters. The molecular weight excluding hydrogens is 291 g/mol. The lowest BCUT2D eigenvalue weighted by Gasteiger charge is -2.14. The van der Waals surface area contributed by atoms with E-state index in [1.54, 1.807) is 19.1 Å². The molecule has 0 spiro atoms. The minimum absolute atomic E-state index is 0.0245. The lowest BCUT2D eigenvalue weighted by molar-refractivity contribution is 0.0817. The molecule has 0 heterocycles. The first-order valence-corrected chi connectivity index (χ1v) is 7.14. The van der Waals surface area contributed by atoms with Crippen molar-refractivity contribution in [3.05, 3.63) is 64.4 Å². The van der Waals surface area contributed by atoms with Crippen LogP contribution in [0.15, 0.2) is 42.5 Å². The summed E-state index contributed by atoms with van der Waals surface area (Å²) in [6.07, 6.45) is 0.225. The van der Waals surface area contributed by atoms with E-state index in [-0.39, 0.29) is 16.6 Å². The van der Waals surface area contributed by atoms with Crippen LogP contribution in [0.2, 0.25) is 5.02 Å². The van der Waals surface area contributed by atoms with Crippen LogP contribution in [0.25, 0.3) is 0 Å². The minimum Gasteiger partial charge on any atom is -0.482 e. The summed E-state index contributed by atoms with van der Waals surface area (Å²) < 4.78 is 18.8. The first-order chi connectivity index (χ1) is 10.0. The molecule has 0 N–H and O–H groups in total. The van der Waals surface area contributed by atoms with Crippen molar-refractivity contribution in [1.29, 1.82) is 0 Å². The molecular formula is C17H16ClFO2. The Kier molecular flexibility index (Phi) is 4.97. The van der Waals surface area contributed by atoms with E-state index in [1.807, 2.05) is 12.1 Å². The molecule has 2 rings (SSSR count). The summed E-state index contributed by atoms with van der Waals surface area (Å²) in [7, 11) is 0. The van der Waals surface area contributed by atoms with Crippen LogP contribution in [0.4, 0.5) is 4.39 Å². The highest BCUT2D eigenvalue weighted by Crippen LogP contribution is 2.22. The summed E-state index contributed by atoms with van der Waals surface area (Å²) in [4.78, 5) is 12.3. The lowest BCUT2D eigenvalue weighted by Crippen LogP contribution is -2.23. The second kappa shape index (κ2) is 6.72. The molecule has 1 unspecified atom stereocenters. The van der Waals surface area contributed by atoms with Crippen LogP contribution in [0.5, 0.6) is 5.75 Å². The predicted molar refractivity (Wildman–Crippen MR) is 81.7 cm³/mol. The maximum Gasteiger partial charge on any atom is 0.202 e. The Morgan fingerprint density at radius 2 is 1.90 bits per heavy atom. The van der Waals surface area contributed by atoms with Gasteiger partial charge < -0.3 is 4.74 Å². The van der Waals surface area contributed by atoms with Crippen LogP contribution in [0.3, 0.4) is 0 Å². The van der Waals surface area contributed by atoms with Gasteiger partial charge in [0.1, 0.15) is 11.6 Å². The van der Waals surface area contributed by atoms with Gasteiger partial charge in [0, 0.05) is 11.6 Å². The Bertz CT molecular complexity index is 638. The number of aryl methyl sites for hydroxylation is 1. The predicted octanol–water partition coefficient (Wildman–Crippen LogP) is 4.69. The molecule has 0 aromatic heterocycles. The number of halogens is 2. The highest BCUT2D eigenvalue weighted by Gasteiger charge is 2.17. The zero-order valence-corrected chi connectivity index (χ0v) is 12.7. The second-order valence-electron chi connectivity index (χ2n) is 4.75. The monoisotopic (exact) mass is 306 g/mol. The maximum atomic E-state index is 13.3. The van der Waals surface area contributed by atoms with Gasteiger partial charge in [-0.25, -0.2) is 4.39 Å². The smallest absolute Gasteiger partial charge is 0.202 e. The second-order valence-corrected chi connectivity index (χ2v) is 5.16. The van der Waals surface area contributed by atoms with Crippen molar-refractivity contribution in [2.75, 3.05) is 0 Å². The third-order valence-corrected chi connectivity index (χ3v) is 3.53. The topological polar surface area (TPSA) is 26.3 Å². The summed E-state index contributed by atoms with van der Waals surface area (Å²) in [6.45, 7) is 3.69. The Labute approximate surface area is 128 Å². The van der Waals surface area contributed by atoms with Crippen molar-refractivity contribution in [3.8, 4) is 5.75 Å². The average molecular weight is 307 g/mol. The van der Waals surface area contributed by atoms with E-state index in [4.69, 9.17) is 16.3 Å². The molecule has 0 aliphatic carbocycles. The van der Waals surface area contributed by atoms with Gasteiger partial charge in [-0.2, -0.15) is 0 Å². The van der Waals surface area contributed by atoms with Crippen LogP contribution in [-0.2, 0) is 6.42 Å². The number of rotatable bonds is 5. The maximum absolute atomic E-state index is 13.3. The van der Waals surface area contributed by atoms with Crippen molar-refractivity contribution >= 4 is 17.4 Å². The number of carbonyl (C=O) groups excluding carboxylic acids is 1. The van der Waals surface area contributed by atoms with Crippen LogP contribution < -0.4 is 4.74 Å². The van der Waals surface area contributed by atoms with Crippen molar-refractivity contribution in [2.45, 2.75) is 26.4 Å². The van der Waals surface area contributed by atoms with Crippen molar-refractivity contribution < 1.29 is 13.9 Å². The average Bonchev–Trinajstić information content (AvgIpc) is 2.50. The normalized spacial score (nSPS) is 12.0. The molecule has 0 saturated carbocycles. The highest BCUT2D eigenvalue weighted by atomic mass is 35.5. The van der Waals surface area contributed by atoms with E-state index in [0.29, 0.717) is 5.56 Å². The fourth-order valence-corrected chi connectivity index (χ4v) is 2.06. The minimum atomic E-state index is -0.696. The fraction of sp³-hybridized carbons (Fsp3) is 0.235. The molecule has 0 saturated heterocycles. The van der Waals surface area contributed by atoms with Gasteiger partial charge >= 0.3 is 0 Å². The van der Waals surface area contributed by atoms with Crippen molar-refractivity contribution in [1.82, 2.24) is 0 Å². The van der Waals surface area contributed by atoms with E-state index < -0.39 is 11.9 Å². The van der Waals surface area contributed by atoms with Gasteiger partial charge in [0.15, 0.2) is 6.10 Å². The molecule has 2 aromatic carbocycles. The van der Waals surface area contributed by atoms with Gasteiger partial charge in [-0.05, 0) is 31.0 Å². The van der Waals surface area contributed by atoms with E-state index >= 15 is 0 Å². The summed E-state index contributed by atoms with van der Waals surface area (Å²) in [5.74, 6) is -0.433. The highest BCUT2D eigenvalue weighted by molar-refractivity contribution is 6.30. The number of ketones is 1. The molecule has 0 aliphatic heterocycles. The molecule has 0 fully saturated rings. The zero-order valence-electron chi connectivity index (χ0n) is 11.9. The number of Topliss-reactive ketones (excluding diaryl/α,β-unsaturated/α-hetero) is 1. The van der Waals surface area contributed by atoms with Crippen molar-refractivity contribution in [3.63, 3.8) is 0 Å². The third-order valence-electron chi connectivity index (χ3n) is 3.22. The lowest BCUT2D eigenvalue weighted by atomic mass is 10.0. The molecule has 110 valence electrons.